The van der Waals surface area contributed by atoms with Crippen molar-refractivity contribution in [2.75, 3.05) is 5.32 Å². The van der Waals surface area contributed by atoms with Gasteiger partial charge in [-0.05, 0) is 30.3 Å². The van der Waals surface area contributed by atoms with Gasteiger partial charge < -0.3 is 5.32 Å². The van der Waals surface area contributed by atoms with E-state index in [0.29, 0.717) is 16.3 Å². The molecule has 0 spiro atoms. The summed E-state index contributed by atoms with van der Waals surface area (Å²) in [6.45, 7) is 0. The number of rotatable bonds is 3. The van der Waals surface area contributed by atoms with Crippen molar-refractivity contribution in [1.82, 2.24) is 5.48 Å². The summed E-state index contributed by atoms with van der Waals surface area (Å²) in [5.74, 6) is -0.569. The van der Waals surface area contributed by atoms with E-state index in [1.54, 1.807) is 47.9 Å². The third-order valence-corrected chi connectivity index (χ3v) is 2.61. The van der Waals surface area contributed by atoms with Crippen LogP contribution in [0.4, 0.5) is 11.4 Å². The lowest BCUT2D eigenvalue weighted by Crippen LogP contribution is -2.19. The number of benzene rings is 2. The summed E-state index contributed by atoms with van der Waals surface area (Å²) in [6.07, 6.45) is 0. The molecular weight excluding hydrogens is 252 g/mol. The first kappa shape index (κ1) is 12.4. The lowest BCUT2D eigenvalue weighted by Gasteiger charge is -2.10. The molecule has 0 atom stereocenters. The maximum absolute atomic E-state index is 11.5. The van der Waals surface area contributed by atoms with E-state index >= 15 is 0 Å². The molecule has 1 amide bonds. The Labute approximate surface area is 109 Å². The first-order chi connectivity index (χ1) is 8.70. The van der Waals surface area contributed by atoms with Gasteiger partial charge in [-0.2, -0.15) is 0 Å². The molecule has 4 nitrogen and oxygen atoms in total. The first-order valence-electron chi connectivity index (χ1n) is 5.27. The molecule has 0 heterocycles. The molecule has 2 aromatic rings. The Hall–Kier alpha value is -2.04. The lowest BCUT2D eigenvalue weighted by atomic mass is 10.1. The van der Waals surface area contributed by atoms with Crippen LogP contribution in [0.5, 0.6) is 0 Å². The lowest BCUT2D eigenvalue weighted by molar-refractivity contribution is 0.0707. The van der Waals surface area contributed by atoms with Crippen molar-refractivity contribution in [3.63, 3.8) is 0 Å². The van der Waals surface area contributed by atoms with Gasteiger partial charge in [-0.25, -0.2) is 5.48 Å². The van der Waals surface area contributed by atoms with Gasteiger partial charge in [-0.3, -0.25) is 10.0 Å². The minimum Gasteiger partial charge on any atom is -0.355 e. The molecule has 0 saturated carbocycles. The van der Waals surface area contributed by atoms with E-state index < -0.39 is 5.91 Å². The molecule has 92 valence electrons. The smallest absolute Gasteiger partial charge is 0.276 e. The van der Waals surface area contributed by atoms with Crippen LogP contribution in [-0.2, 0) is 0 Å². The number of nitrogens with one attached hydrogen (secondary N) is 2. The summed E-state index contributed by atoms with van der Waals surface area (Å²) in [7, 11) is 0. The fourth-order valence-electron chi connectivity index (χ4n) is 1.57. The average Bonchev–Trinajstić information content (AvgIpc) is 2.38. The van der Waals surface area contributed by atoms with E-state index in [1.165, 1.54) is 0 Å². The number of halogens is 1. The quantitative estimate of drug-likeness (QED) is 0.588. The summed E-state index contributed by atoms with van der Waals surface area (Å²) in [5.41, 5.74) is 3.31. The van der Waals surface area contributed by atoms with Crippen molar-refractivity contribution in [3.8, 4) is 0 Å². The number of carbonyl (C=O) groups is 1. The molecule has 2 aromatic carbocycles. The van der Waals surface area contributed by atoms with Gasteiger partial charge in [-0.1, -0.05) is 29.8 Å². The maximum Gasteiger partial charge on any atom is 0.276 e. The van der Waals surface area contributed by atoms with Crippen LogP contribution in [0.3, 0.4) is 0 Å². The molecular formula is C13H11ClN2O2. The van der Waals surface area contributed by atoms with E-state index in [2.05, 4.69) is 5.32 Å². The SMILES string of the molecule is O=C(NO)c1ccccc1Nc1cccc(Cl)c1. The van der Waals surface area contributed by atoms with Crippen molar-refractivity contribution in [1.29, 1.82) is 0 Å². The van der Waals surface area contributed by atoms with Gasteiger partial charge in [0.25, 0.3) is 5.91 Å². The van der Waals surface area contributed by atoms with Crippen molar-refractivity contribution >= 4 is 28.9 Å². The van der Waals surface area contributed by atoms with Crippen molar-refractivity contribution < 1.29 is 10.0 Å². The number of carbonyl (C=O) groups excluding carboxylic acids is 1. The minimum atomic E-state index is -0.569. The molecule has 0 aromatic heterocycles. The van der Waals surface area contributed by atoms with Crippen LogP contribution in [0.1, 0.15) is 10.4 Å². The van der Waals surface area contributed by atoms with Crippen LogP contribution in [0.15, 0.2) is 48.5 Å². The van der Waals surface area contributed by atoms with Crippen molar-refractivity contribution in [2.45, 2.75) is 0 Å². The van der Waals surface area contributed by atoms with Gasteiger partial charge >= 0.3 is 0 Å². The molecule has 0 radical (unpaired) electrons. The highest BCUT2D eigenvalue weighted by molar-refractivity contribution is 6.30. The fraction of sp³-hybridized carbons (Fsp3) is 0. The monoisotopic (exact) mass is 262 g/mol. The number of para-hydroxylation sites is 1. The number of anilines is 2. The van der Waals surface area contributed by atoms with E-state index in [-0.39, 0.29) is 0 Å². The largest absolute Gasteiger partial charge is 0.355 e. The predicted octanol–water partition coefficient (Wildman–Crippen LogP) is 3.20. The summed E-state index contributed by atoms with van der Waals surface area (Å²) in [5, 5.41) is 12.3. The van der Waals surface area contributed by atoms with E-state index in [1.807, 2.05) is 6.07 Å². The number of hydrogen-bond donors (Lipinski definition) is 3. The molecule has 0 fully saturated rings. The Morgan fingerprint density at radius 1 is 1.11 bits per heavy atom. The molecule has 0 aliphatic heterocycles. The standard InChI is InChI=1S/C13H11ClN2O2/c14-9-4-3-5-10(8-9)15-12-7-2-1-6-11(12)13(17)16-18/h1-8,15,18H,(H,16,17). The molecule has 2 rings (SSSR count). The highest BCUT2D eigenvalue weighted by Crippen LogP contribution is 2.22. The second-order valence-electron chi connectivity index (χ2n) is 3.62. The zero-order chi connectivity index (χ0) is 13.0. The van der Waals surface area contributed by atoms with Gasteiger partial charge in [0.1, 0.15) is 0 Å². The number of hydrogen-bond acceptors (Lipinski definition) is 3. The normalized spacial score (nSPS) is 9.89. The molecule has 18 heavy (non-hydrogen) atoms. The van der Waals surface area contributed by atoms with Crippen LogP contribution in [0.2, 0.25) is 5.02 Å². The summed E-state index contributed by atoms with van der Waals surface area (Å²) >= 11 is 5.88. The summed E-state index contributed by atoms with van der Waals surface area (Å²) in [6, 6.07) is 14.0. The van der Waals surface area contributed by atoms with Crippen LogP contribution >= 0.6 is 11.6 Å². The van der Waals surface area contributed by atoms with Gasteiger partial charge in [0.2, 0.25) is 0 Å². The molecule has 0 saturated heterocycles. The second kappa shape index (κ2) is 5.53. The topological polar surface area (TPSA) is 61.4 Å². The fourth-order valence-corrected chi connectivity index (χ4v) is 1.76. The number of hydroxylamine groups is 1. The van der Waals surface area contributed by atoms with Crippen LogP contribution < -0.4 is 10.8 Å². The Kier molecular flexibility index (Phi) is 3.82. The Morgan fingerprint density at radius 2 is 1.89 bits per heavy atom. The van der Waals surface area contributed by atoms with Gasteiger partial charge in [0, 0.05) is 10.7 Å². The van der Waals surface area contributed by atoms with E-state index in [0.717, 1.165) is 5.69 Å². The molecule has 5 heteroatoms. The zero-order valence-corrected chi connectivity index (χ0v) is 10.1. The zero-order valence-electron chi connectivity index (χ0n) is 9.35. The molecule has 0 bridgehead atoms. The predicted molar refractivity (Wildman–Crippen MR) is 70.4 cm³/mol. The third kappa shape index (κ3) is 2.80. The summed E-state index contributed by atoms with van der Waals surface area (Å²) in [4.78, 5) is 11.5. The average molecular weight is 263 g/mol. The first-order valence-corrected chi connectivity index (χ1v) is 5.64. The molecule has 3 N–H and O–H groups in total. The van der Waals surface area contributed by atoms with Crippen molar-refractivity contribution in [3.05, 3.63) is 59.1 Å². The van der Waals surface area contributed by atoms with Gasteiger partial charge in [0.05, 0.1) is 11.3 Å². The van der Waals surface area contributed by atoms with E-state index in [9.17, 15) is 4.79 Å². The van der Waals surface area contributed by atoms with Crippen LogP contribution in [-0.4, -0.2) is 11.1 Å². The van der Waals surface area contributed by atoms with Crippen LogP contribution in [0, 0.1) is 0 Å². The second-order valence-corrected chi connectivity index (χ2v) is 4.06. The van der Waals surface area contributed by atoms with E-state index in [4.69, 9.17) is 16.8 Å². The highest BCUT2D eigenvalue weighted by Gasteiger charge is 2.09. The van der Waals surface area contributed by atoms with Gasteiger partial charge in [-0.15, -0.1) is 0 Å². The highest BCUT2D eigenvalue weighted by atomic mass is 35.5. The van der Waals surface area contributed by atoms with Crippen molar-refractivity contribution in [2.24, 2.45) is 0 Å². The van der Waals surface area contributed by atoms with Gasteiger partial charge in [0.15, 0.2) is 0 Å². The Balaban J connectivity index is 2.32. The number of amides is 1. The van der Waals surface area contributed by atoms with Crippen LogP contribution in [0.25, 0.3) is 0 Å². The Bertz CT molecular complexity index is 572. The Morgan fingerprint density at radius 3 is 2.61 bits per heavy atom. The maximum atomic E-state index is 11.5. The molecule has 0 aliphatic carbocycles. The summed E-state index contributed by atoms with van der Waals surface area (Å²) < 4.78 is 0. The molecule has 0 unspecified atom stereocenters. The minimum absolute atomic E-state index is 0.347. The molecule has 0 aliphatic rings. The third-order valence-electron chi connectivity index (χ3n) is 2.38.